The summed E-state index contributed by atoms with van der Waals surface area (Å²) in [7, 11) is 1.35. The molecule has 7 heteroatoms. The van der Waals surface area contributed by atoms with Crippen LogP contribution in [0.5, 0.6) is 0 Å². The standard InChI is InChI=1S/C17H15BrN2O3S/c1-9-14(16(21)22-2)15(20-17(24)19-9)13-8-7-12(23-13)10-3-5-11(18)6-4-10/h3-8,15H,1-2H3,(H2,19,20,24)/t15-/m1/s1. The molecule has 1 aliphatic rings. The van der Waals surface area contributed by atoms with Gasteiger partial charge in [0.05, 0.1) is 12.7 Å². The lowest BCUT2D eigenvalue weighted by Gasteiger charge is -2.27. The molecule has 2 aromatic rings. The van der Waals surface area contributed by atoms with Crippen LogP contribution in [0.25, 0.3) is 11.3 Å². The molecule has 2 heterocycles. The first-order valence-electron chi connectivity index (χ1n) is 7.22. The fraction of sp³-hybridized carbons (Fsp3) is 0.176. The lowest BCUT2D eigenvalue weighted by Crippen LogP contribution is -2.44. The third-order valence-electron chi connectivity index (χ3n) is 3.71. The minimum Gasteiger partial charge on any atom is -0.466 e. The van der Waals surface area contributed by atoms with Gasteiger partial charge in [0, 0.05) is 15.7 Å². The Morgan fingerprint density at radius 3 is 2.62 bits per heavy atom. The number of carbonyl (C=O) groups is 1. The number of thiocarbonyl (C=S) groups is 1. The highest BCUT2D eigenvalue weighted by Gasteiger charge is 2.32. The zero-order chi connectivity index (χ0) is 17.3. The number of hydrogen-bond donors (Lipinski definition) is 2. The third kappa shape index (κ3) is 3.22. The quantitative estimate of drug-likeness (QED) is 0.598. The summed E-state index contributed by atoms with van der Waals surface area (Å²) < 4.78 is 11.8. The molecule has 1 aromatic carbocycles. The first kappa shape index (κ1) is 16.7. The van der Waals surface area contributed by atoms with E-state index in [0.29, 0.717) is 27.9 Å². The number of esters is 1. The van der Waals surface area contributed by atoms with Gasteiger partial charge in [0.2, 0.25) is 0 Å². The van der Waals surface area contributed by atoms with Crippen molar-refractivity contribution in [3.05, 3.63) is 57.9 Å². The van der Waals surface area contributed by atoms with Crippen LogP contribution in [0.2, 0.25) is 0 Å². The van der Waals surface area contributed by atoms with Gasteiger partial charge in [0.15, 0.2) is 5.11 Å². The van der Waals surface area contributed by atoms with E-state index in [0.717, 1.165) is 10.0 Å². The van der Waals surface area contributed by atoms with E-state index in [1.165, 1.54) is 7.11 Å². The second-order valence-electron chi connectivity index (χ2n) is 5.27. The van der Waals surface area contributed by atoms with Crippen molar-refractivity contribution in [2.24, 2.45) is 0 Å². The summed E-state index contributed by atoms with van der Waals surface area (Å²) >= 11 is 8.61. The summed E-state index contributed by atoms with van der Waals surface area (Å²) in [5.74, 6) is 0.878. The third-order valence-corrected chi connectivity index (χ3v) is 4.46. The molecule has 0 saturated heterocycles. The maximum absolute atomic E-state index is 12.1. The van der Waals surface area contributed by atoms with Gasteiger partial charge in [-0.2, -0.15) is 0 Å². The molecule has 0 aliphatic carbocycles. The lowest BCUT2D eigenvalue weighted by molar-refractivity contribution is -0.136. The highest BCUT2D eigenvalue weighted by atomic mass is 79.9. The van der Waals surface area contributed by atoms with Crippen LogP contribution in [0.4, 0.5) is 0 Å². The van der Waals surface area contributed by atoms with Crippen molar-refractivity contribution in [1.29, 1.82) is 0 Å². The molecule has 0 fully saturated rings. The number of hydrogen-bond acceptors (Lipinski definition) is 4. The number of halogens is 1. The van der Waals surface area contributed by atoms with Gasteiger partial charge < -0.3 is 19.8 Å². The molecule has 0 amide bonds. The molecule has 0 saturated carbocycles. The van der Waals surface area contributed by atoms with Crippen molar-refractivity contribution in [1.82, 2.24) is 10.6 Å². The molecule has 124 valence electrons. The average Bonchev–Trinajstić information content (AvgIpc) is 3.04. The summed E-state index contributed by atoms with van der Waals surface area (Å²) in [5.41, 5.74) is 2.04. The monoisotopic (exact) mass is 406 g/mol. The Morgan fingerprint density at radius 2 is 1.96 bits per heavy atom. The first-order valence-corrected chi connectivity index (χ1v) is 8.42. The van der Waals surface area contributed by atoms with Crippen molar-refractivity contribution in [2.45, 2.75) is 13.0 Å². The zero-order valence-corrected chi connectivity index (χ0v) is 15.5. The molecule has 0 radical (unpaired) electrons. The van der Waals surface area contributed by atoms with Gasteiger partial charge in [-0.1, -0.05) is 28.1 Å². The molecular weight excluding hydrogens is 392 g/mol. The van der Waals surface area contributed by atoms with Crippen molar-refractivity contribution >= 4 is 39.2 Å². The minimum absolute atomic E-state index is 0.429. The van der Waals surface area contributed by atoms with Gasteiger partial charge in [-0.3, -0.25) is 0 Å². The van der Waals surface area contributed by atoms with Crippen molar-refractivity contribution in [2.75, 3.05) is 7.11 Å². The molecule has 5 nitrogen and oxygen atoms in total. The Hall–Kier alpha value is -2.12. The largest absolute Gasteiger partial charge is 0.466 e. The van der Waals surface area contributed by atoms with Crippen molar-refractivity contribution in [3.63, 3.8) is 0 Å². The topological polar surface area (TPSA) is 63.5 Å². The number of methoxy groups -OCH3 is 1. The summed E-state index contributed by atoms with van der Waals surface area (Å²) in [6.07, 6.45) is 0. The second kappa shape index (κ2) is 6.78. The average molecular weight is 407 g/mol. The maximum Gasteiger partial charge on any atom is 0.338 e. The molecule has 2 N–H and O–H groups in total. The number of ether oxygens (including phenoxy) is 1. The second-order valence-corrected chi connectivity index (χ2v) is 6.59. The van der Waals surface area contributed by atoms with Gasteiger partial charge in [0.25, 0.3) is 0 Å². The summed E-state index contributed by atoms with van der Waals surface area (Å²) in [4.78, 5) is 12.1. The Bertz CT molecular complexity index is 827. The molecule has 1 aromatic heterocycles. The van der Waals surface area contributed by atoms with E-state index in [4.69, 9.17) is 21.4 Å². The van der Waals surface area contributed by atoms with Crippen LogP contribution in [0.15, 0.2) is 56.6 Å². The minimum atomic E-state index is -0.490. The molecule has 1 aliphatic heterocycles. The Morgan fingerprint density at radius 1 is 1.25 bits per heavy atom. The molecule has 1 atom stereocenters. The molecular formula is C17H15BrN2O3S. The highest BCUT2D eigenvalue weighted by Crippen LogP contribution is 2.32. The number of nitrogens with one attached hydrogen (secondary N) is 2. The summed E-state index contributed by atoms with van der Waals surface area (Å²) in [5, 5.41) is 6.44. The highest BCUT2D eigenvalue weighted by molar-refractivity contribution is 9.10. The Labute approximate surface area is 153 Å². The summed E-state index contributed by atoms with van der Waals surface area (Å²) in [6.45, 7) is 1.78. The number of benzene rings is 1. The Kier molecular flexibility index (Phi) is 4.73. The molecule has 0 bridgehead atoms. The number of allylic oxidation sites excluding steroid dienone is 1. The van der Waals surface area contributed by atoms with Gasteiger partial charge in [0.1, 0.15) is 17.6 Å². The normalized spacial score (nSPS) is 17.3. The van der Waals surface area contributed by atoms with Crippen LogP contribution in [0, 0.1) is 0 Å². The SMILES string of the molecule is COC(=O)C1=C(C)NC(=S)N[C@@H]1c1ccc(-c2ccc(Br)cc2)o1. The van der Waals surface area contributed by atoms with Crippen molar-refractivity contribution in [3.8, 4) is 11.3 Å². The van der Waals surface area contributed by atoms with Gasteiger partial charge >= 0.3 is 5.97 Å². The van der Waals surface area contributed by atoms with Crippen molar-refractivity contribution < 1.29 is 13.9 Å². The maximum atomic E-state index is 12.1. The number of rotatable bonds is 3. The van der Waals surface area contributed by atoms with E-state index in [2.05, 4.69) is 26.6 Å². The van der Waals surface area contributed by atoms with Crippen LogP contribution in [-0.2, 0) is 9.53 Å². The van der Waals surface area contributed by atoms with Crippen LogP contribution in [0.3, 0.4) is 0 Å². The van der Waals surface area contributed by atoms with Crippen LogP contribution < -0.4 is 10.6 Å². The predicted molar refractivity (Wildman–Crippen MR) is 98.2 cm³/mol. The van der Waals surface area contributed by atoms with Crippen LogP contribution >= 0.6 is 28.1 Å². The lowest BCUT2D eigenvalue weighted by atomic mass is 10.0. The van der Waals surface area contributed by atoms with E-state index in [9.17, 15) is 4.79 Å². The number of carbonyl (C=O) groups excluding carboxylic acids is 1. The van der Waals surface area contributed by atoms with E-state index in [1.54, 1.807) is 6.92 Å². The Balaban J connectivity index is 1.98. The zero-order valence-electron chi connectivity index (χ0n) is 13.1. The molecule has 24 heavy (non-hydrogen) atoms. The predicted octanol–water partition coefficient (Wildman–Crippen LogP) is 3.67. The number of furan rings is 1. The van der Waals surface area contributed by atoms with Gasteiger partial charge in [-0.15, -0.1) is 0 Å². The van der Waals surface area contributed by atoms with E-state index < -0.39 is 12.0 Å². The van der Waals surface area contributed by atoms with Crippen LogP contribution in [0.1, 0.15) is 18.7 Å². The smallest absolute Gasteiger partial charge is 0.338 e. The first-order chi connectivity index (χ1) is 11.5. The van der Waals surface area contributed by atoms with Crippen LogP contribution in [-0.4, -0.2) is 18.2 Å². The fourth-order valence-electron chi connectivity index (χ4n) is 2.57. The van der Waals surface area contributed by atoms with Gasteiger partial charge in [-0.25, -0.2) is 4.79 Å². The van der Waals surface area contributed by atoms with E-state index in [1.807, 2.05) is 36.4 Å². The van der Waals surface area contributed by atoms with E-state index in [-0.39, 0.29) is 0 Å². The molecule has 0 unspecified atom stereocenters. The fourth-order valence-corrected chi connectivity index (χ4v) is 3.10. The summed E-state index contributed by atoms with van der Waals surface area (Å²) in [6, 6.07) is 11.0. The van der Waals surface area contributed by atoms with Gasteiger partial charge in [-0.05, 0) is 43.4 Å². The molecule has 3 rings (SSSR count). The van der Waals surface area contributed by atoms with E-state index >= 15 is 0 Å². The molecule has 0 spiro atoms.